The molecule has 0 fully saturated rings. The standard InChI is InChI=1S/C58H111NO3/c1-3-5-7-9-11-13-15-17-19-21-23-24-25-26-27-28-29-30-31-32-33-34-36-38-40-42-44-46-48-50-52-54-58(62)59-56(55-60)57(61)53-51-49-47-45-43-41-39-37-35-22-20-18-16-14-12-10-8-6-4-2/h21,23,43,45,51,53,56-57,60-61H,3-20,22,24-42,44,46-50,52,54-55H2,1-2H3,(H,59,62)/b23-21-,45-43+,53-51+. The molecule has 0 bridgehead atoms. The molecule has 3 N–H and O–H groups in total. The Labute approximate surface area is 389 Å². The van der Waals surface area contributed by atoms with Crippen LogP contribution in [0.2, 0.25) is 0 Å². The number of hydrogen-bond acceptors (Lipinski definition) is 3. The Morgan fingerprint density at radius 2 is 0.629 bits per heavy atom. The second-order valence-corrected chi connectivity index (χ2v) is 19.3. The van der Waals surface area contributed by atoms with Crippen molar-refractivity contribution < 1.29 is 15.0 Å². The minimum absolute atomic E-state index is 0.0685. The molecule has 0 aromatic carbocycles. The quantitative estimate of drug-likeness (QED) is 0.0421. The van der Waals surface area contributed by atoms with Crippen LogP contribution in [0, 0.1) is 0 Å². The molecule has 4 nitrogen and oxygen atoms in total. The van der Waals surface area contributed by atoms with Crippen molar-refractivity contribution in [3.8, 4) is 0 Å². The molecule has 62 heavy (non-hydrogen) atoms. The number of amides is 1. The number of carbonyl (C=O) groups excluding carboxylic acids is 1. The first kappa shape index (κ1) is 60.6. The van der Waals surface area contributed by atoms with Crippen LogP contribution in [0.4, 0.5) is 0 Å². The van der Waals surface area contributed by atoms with Gasteiger partial charge in [-0.3, -0.25) is 4.79 Å². The fourth-order valence-corrected chi connectivity index (χ4v) is 8.78. The largest absolute Gasteiger partial charge is 0.394 e. The first-order chi connectivity index (χ1) is 30.7. The molecule has 1 amide bonds. The van der Waals surface area contributed by atoms with Gasteiger partial charge in [-0.25, -0.2) is 0 Å². The maximum absolute atomic E-state index is 12.5. The highest BCUT2D eigenvalue weighted by Crippen LogP contribution is 2.17. The monoisotopic (exact) mass is 870 g/mol. The Balaban J connectivity index is 3.47. The van der Waals surface area contributed by atoms with Gasteiger partial charge in [0.25, 0.3) is 0 Å². The van der Waals surface area contributed by atoms with Gasteiger partial charge < -0.3 is 15.5 Å². The van der Waals surface area contributed by atoms with Crippen LogP contribution in [0.5, 0.6) is 0 Å². The van der Waals surface area contributed by atoms with Crippen LogP contribution in [0.25, 0.3) is 0 Å². The molecule has 0 heterocycles. The Morgan fingerprint density at radius 3 is 0.935 bits per heavy atom. The zero-order valence-corrected chi connectivity index (χ0v) is 42.2. The second-order valence-electron chi connectivity index (χ2n) is 19.3. The molecule has 0 aromatic rings. The third kappa shape index (κ3) is 49.6. The first-order valence-electron chi connectivity index (χ1n) is 28.2. The topological polar surface area (TPSA) is 69.6 Å². The van der Waals surface area contributed by atoms with Crippen molar-refractivity contribution in [2.24, 2.45) is 0 Å². The lowest BCUT2D eigenvalue weighted by atomic mass is 10.0. The first-order valence-corrected chi connectivity index (χ1v) is 28.2. The lowest BCUT2D eigenvalue weighted by Gasteiger charge is -2.19. The number of aliphatic hydroxyl groups excluding tert-OH is 2. The fourth-order valence-electron chi connectivity index (χ4n) is 8.78. The van der Waals surface area contributed by atoms with Gasteiger partial charge in [0.05, 0.1) is 18.8 Å². The van der Waals surface area contributed by atoms with Gasteiger partial charge in [0.1, 0.15) is 0 Å². The molecule has 0 saturated carbocycles. The van der Waals surface area contributed by atoms with Gasteiger partial charge in [-0.05, 0) is 57.8 Å². The van der Waals surface area contributed by atoms with Crippen molar-refractivity contribution in [1.82, 2.24) is 5.32 Å². The van der Waals surface area contributed by atoms with Gasteiger partial charge in [0.2, 0.25) is 5.91 Å². The van der Waals surface area contributed by atoms with E-state index in [0.29, 0.717) is 6.42 Å². The van der Waals surface area contributed by atoms with E-state index in [2.05, 4.69) is 43.5 Å². The van der Waals surface area contributed by atoms with Gasteiger partial charge >= 0.3 is 0 Å². The highest BCUT2D eigenvalue weighted by Gasteiger charge is 2.18. The van der Waals surface area contributed by atoms with Gasteiger partial charge in [-0.15, -0.1) is 0 Å². The predicted octanol–water partition coefficient (Wildman–Crippen LogP) is 18.5. The SMILES string of the molecule is CCCCCCCCCC/C=C\CCCCCCCCCCCCCCCCCCCCCC(=O)NC(CO)C(O)/C=C/CC/C=C/CCCCCCCCCCCCCCC. The molecule has 366 valence electrons. The molecular weight excluding hydrogens is 759 g/mol. The highest BCUT2D eigenvalue weighted by atomic mass is 16.3. The third-order valence-corrected chi connectivity index (χ3v) is 13.1. The maximum atomic E-state index is 12.5. The van der Waals surface area contributed by atoms with Crippen LogP contribution in [0.1, 0.15) is 309 Å². The summed E-state index contributed by atoms with van der Waals surface area (Å²) < 4.78 is 0. The number of hydrogen-bond donors (Lipinski definition) is 3. The number of unbranched alkanes of at least 4 members (excludes halogenated alkanes) is 41. The van der Waals surface area contributed by atoms with E-state index in [1.165, 1.54) is 257 Å². The summed E-state index contributed by atoms with van der Waals surface area (Å²) in [6.07, 6.45) is 73.1. The van der Waals surface area contributed by atoms with Crippen LogP contribution in [0.3, 0.4) is 0 Å². The lowest BCUT2D eigenvalue weighted by molar-refractivity contribution is -0.123. The van der Waals surface area contributed by atoms with Crippen molar-refractivity contribution >= 4 is 5.91 Å². The molecule has 0 aromatic heterocycles. The predicted molar refractivity (Wildman–Crippen MR) is 276 cm³/mol. The summed E-state index contributed by atoms with van der Waals surface area (Å²) >= 11 is 0. The van der Waals surface area contributed by atoms with Crippen LogP contribution < -0.4 is 5.32 Å². The molecule has 0 radical (unpaired) electrons. The molecule has 0 aliphatic carbocycles. The molecule has 2 atom stereocenters. The zero-order valence-electron chi connectivity index (χ0n) is 42.2. The van der Waals surface area contributed by atoms with E-state index in [9.17, 15) is 15.0 Å². The van der Waals surface area contributed by atoms with Crippen LogP contribution in [0.15, 0.2) is 36.5 Å². The van der Waals surface area contributed by atoms with Crippen LogP contribution in [-0.2, 0) is 4.79 Å². The molecule has 0 rings (SSSR count). The Hall–Kier alpha value is -1.39. The molecular formula is C58H111NO3. The number of aliphatic hydroxyl groups is 2. The van der Waals surface area contributed by atoms with Crippen molar-refractivity contribution in [1.29, 1.82) is 0 Å². The van der Waals surface area contributed by atoms with E-state index in [1.54, 1.807) is 6.08 Å². The average Bonchev–Trinajstić information content (AvgIpc) is 3.28. The summed E-state index contributed by atoms with van der Waals surface area (Å²) in [6, 6.07) is -0.637. The Morgan fingerprint density at radius 1 is 0.371 bits per heavy atom. The lowest BCUT2D eigenvalue weighted by Crippen LogP contribution is -2.45. The highest BCUT2D eigenvalue weighted by molar-refractivity contribution is 5.76. The van der Waals surface area contributed by atoms with E-state index >= 15 is 0 Å². The Kier molecular flexibility index (Phi) is 52.7. The van der Waals surface area contributed by atoms with E-state index in [0.717, 1.165) is 32.1 Å². The van der Waals surface area contributed by atoms with Crippen molar-refractivity contribution in [3.63, 3.8) is 0 Å². The average molecular weight is 871 g/mol. The van der Waals surface area contributed by atoms with Gasteiger partial charge in [0.15, 0.2) is 0 Å². The van der Waals surface area contributed by atoms with Gasteiger partial charge in [-0.2, -0.15) is 0 Å². The summed E-state index contributed by atoms with van der Waals surface area (Å²) in [7, 11) is 0. The van der Waals surface area contributed by atoms with Crippen molar-refractivity contribution in [2.45, 2.75) is 321 Å². The van der Waals surface area contributed by atoms with Gasteiger partial charge in [0, 0.05) is 6.42 Å². The minimum atomic E-state index is -0.861. The minimum Gasteiger partial charge on any atom is -0.394 e. The van der Waals surface area contributed by atoms with E-state index in [-0.39, 0.29) is 12.5 Å². The molecule has 0 aliphatic heterocycles. The summed E-state index contributed by atoms with van der Waals surface area (Å²) in [4.78, 5) is 12.5. The van der Waals surface area contributed by atoms with E-state index in [1.807, 2.05) is 6.08 Å². The smallest absolute Gasteiger partial charge is 0.220 e. The summed E-state index contributed by atoms with van der Waals surface area (Å²) in [5.74, 6) is -0.0685. The normalized spacial score (nSPS) is 13.0. The maximum Gasteiger partial charge on any atom is 0.220 e. The molecule has 0 saturated heterocycles. The fraction of sp³-hybridized carbons (Fsp3) is 0.879. The third-order valence-electron chi connectivity index (χ3n) is 13.1. The van der Waals surface area contributed by atoms with Gasteiger partial charge in [-0.1, -0.05) is 281 Å². The van der Waals surface area contributed by atoms with Crippen LogP contribution in [-0.4, -0.2) is 34.9 Å². The summed E-state index contributed by atoms with van der Waals surface area (Å²) in [6.45, 7) is 4.32. The van der Waals surface area contributed by atoms with Crippen LogP contribution >= 0.6 is 0 Å². The molecule has 4 heteroatoms. The van der Waals surface area contributed by atoms with E-state index in [4.69, 9.17) is 0 Å². The number of carbonyl (C=O) groups is 1. The number of nitrogens with one attached hydrogen (secondary N) is 1. The van der Waals surface area contributed by atoms with E-state index < -0.39 is 12.1 Å². The summed E-state index contributed by atoms with van der Waals surface area (Å²) in [5.41, 5.74) is 0. The van der Waals surface area contributed by atoms with Crippen molar-refractivity contribution in [2.75, 3.05) is 6.61 Å². The molecule has 0 spiro atoms. The molecule has 2 unspecified atom stereocenters. The number of rotatable bonds is 52. The molecule has 0 aliphatic rings. The van der Waals surface area contributed by atoms with Crippen molar-refractivity contribution in [3.05, 3.63) is 36.5 Å². The number of allylic oxidation sites excluding steroid dienone is 5. The zero-order chi connectivity index (χ0) is 44.9. The summed E-state index contributed by atoms with van der Waals surface area (Å²) in [5, 5.41) is 23.1. The second kappa shape index (κ2) is 53.9. The Bertz CT molecular complexity index is 943.